The second-order valence-corrected chi connectivity index (χ2v) is 5.11. The number of hydrogen-bond donors (Lipinski definition) is 0. The Labute approximate surface area is 111 Å². The predicted molar refractivity (Wildman–Crippen MR) is 71.6 cm³/mol. The molecule has 0 atom stereocenters. The van der Waals surface area contributed by atoms with Gasteiger partial charge < -0.3 is 0 Å². The summed E-state index contributed by atoms with van der Waals surface area (Å²) in [7, 11) is 0. The predicted octanol–water partition coefficient (Wildman–Crippen LogP) is 3.15. The molecule has 0 aliphatic carbocycles. The van der Waals surface area contributed by atoms with Crippen molar-refractivity contribution < 1.29 is 4.39 Å². The quantitative estimate of drug-likeness (QED) is 0.533. The fourth-order valence-electron chi connectivity index (χ4n) is 1.99. The van der Waals surface area contributed by atoms with Gasteiger partial charge in [0.2, 0.25) is 0 Å². The van der Waals surface area contributed by atoms with E-state index in [-0.39, 0.29) is 5.82 Å². The van der Waals surface area contributed by atoms with E-state index in [1.807, 2.05) is 12.3 Å². The second-order valence-electron chi connectivity index (χ2n) is 4.08. The lowest BCUT2D eigenvalue weighted by molar-refractivity contribution is 0.630. The Bertz CT molecular complexity index is 896. The Morgan fingerprint density at radius 3 is 3.16 bits per heavy atom. The molecule has 1 aromatic carbocycles. The summed E-state index contributed by atoms with van der Waals surface area (Å²) in [6, 6.07) is 6.41. The highest BCUT2D eigenvalue weighted by Crippen LogP contribution is 2.32. The average molecular weight is 270 g/mol. The van der Waals surface area contributed by atoms with Crippen LogP contribution in [0.3, 0.4) is 0 Å². The lowest BCUT2D eigenvalue weighted by Crippen LogP contribution is -1.87. The molecule has 4 nitrogen and oxygen atoms in total. The Kier molecular flexibility index (Phi) is 2.13. The van der Waals surface area contributed by atoms with Crippen LogP contribution in [0.25, 0.3) is 26.4 Å². The van der Waals surface area contributed by atoms with Crippen LogP contribution in [0.4, 0.5) is 4.39 Å². The number of thiazole rings is 1. The van der Waals surface area contributed by atoms with E-state index in [9.17, 15) is 4.39 Å². The van der Waals surface area contributed by atoms with E-state index < -0.39 is 0 Å². The van der Waals surface area contributed by atoms with Crippen molar-refractivity contribution in [1.29, 1.82) is 0 Å². The molecule has 0 aliphatic heterocycles. The average Bonchev–Trinajstić information content (AvgIpc) is 3.00. The maximum Gasteiger partial charge on any atom is 0.165 e. The largest absolute Gasteiger partial charge is 0.236 e. The monoisotopic (exact) mass is 270 g/mol. The van der Waals surface area contributed by atoms with Crippen molar-refractivity contribution in [1.82, 2.24) is 19.6 Å². The summed E-state index contributed by atoms with van der Waals surface area (Å²) >= 11 is 1.44. The molecule has 3 aromatic heterocycles. The van der Waals surface area contributed by atoms with Crippen LogP contribution in [0.2, 0.25) is 0 Å². The van der Waals surface area contributed by atoms with Crippen molar-refractivity contribution >= 4 is 27.2 Å². The Morgan fingerprint density at radius 1 is 1.26 bits per heavy atom. The van der Waals surface area contributed by atoms with Gasteiger partial charge >= 0.3 is 0 Å². The zero-order valence-electron chi connectivity index (χ0n) is 9.62. The van der Waals surface area contributed by atoms with Crippen LogP contribution in [0.15, 0.2) is 42.9 Å². The Balaban J connectivity index is 1.99. The maximum atomic E-state index is 13.2. The van der Waals surface area contributed by atoms with Crippen molar-refractivity contribution in [2.45, 2.75) is 0 Å². The minimum Gasteiger partial charge on any atom is -0.236 e. The first-order chi connectivity index (χ1) is 9.31. The molecule has 19 heavy (non-hydrogen) atoms. The van der Waals surface area contributed by atoms with Gasteiger partial charge in [-0.3, -0.25) is 0 Å². The van der Waals surface area contributed by atoms with Crippen molar-refractivity contribution in [3.05, 3.63) is 48.7 Å². The van der Waals surface area contributed by atoms with Gasteiger partial charge in [0, 0.05) is 12.4 Å². The summed E-state index contributed by atoms with van der Waals surface area (Å²) in [6.07, 6.45) is 5.28. The summed E-state index contributed by atoms with van der Waals surface area (Å²) in [6.45, 7) is 0. The summed E-state index contributed by atoms with van der Waals surface area (Å²) in [4.78, 5) is 8.80. The van der Waals surface area contributed by atoms with Crippen LogP contribution in [-0.2, 0) is 0 Å². The molecule has 92 valence electrons. The van der Waals surface area contributed by atoms with Gasteiger partial charge in [0.05, 0.1) is 22.0 Å². The van der Waals surface area contributed by atoms with E-state index in [0.29, 0.717) is 0 Å². The number of hydrogen-bond acceptors (Lipinski definition) is 4. The van der Waals surface area contributed by atoms with Gasteiger partial charge in [-0.2, -0.15) is 5.10 Å². The molecule has 4 aromatic rings. The van der Waals surface area contributed by atoms with E-state index in [2.05, 4.69) is 15.1 Å². The number of nitrogens with zero attached hydrogens (tertiary/aromatic N) is 4. The number of aromatic nitrogens is 4. The molecule has 0 saturated heterocycles. The van der Waals surface area contributed by atoms with E-state index in [0.717, 1.165) is 26.4 Å². The van der Waals surface area contributed by atoms with Crippen LogP contribution < -0.4 is 0 Å². The first kappa shape index (κ1) is 10.6. The highest BCUT2D eigenvalue weighted by atomic mass is 32.1. The fraction of sp³-hybridized carbons (Fsp3) is 0. The molecule has 0 bridgehead atoms. The molecular weight excluding hydrogens is 263 g/mol. The van der Waals surface area contributed by atoms with Crippen molar-refractivity contribution in [3.8, 4) is 10.6 Å². The zero-order valence-corrected chi connectivity index (χ0v) is 10.4. The van der Waals surface area contributed by atoms with E-state index in [1.165, 1.54) is 23.5 Å². The van der Waals surface area contributed by atoms with Gasteiger partial charge in [-0.15, -0.1) is 11.3 Å². The maximum absolute atomic E-state index is 13.2. The van der Waals surface area contributed by atoms with Crippen LogP contribution >= 0.6 is 11.3 Å². The molecule has 0 saturated carbocycles. The van der Waals surface area contributed by atoms with Gasteiger partial charge in [0.1, 0.15) is 10.8 Å². The molecule has 0 radical (unpaired) electrons. The third-order valence-electron chi connectivity index (χ3n) is 2.86. The van der Waals surface area contributed by atoms with Gasteiger partial charge in [-0.1, -0.05) is 0 Å². The lowest BCUT2D eigenvalue weighted by Gasteiger charge is -1.92. The molecule has 3 heterocycles. The third kappa shape index (κ3) is 1.61. The summed E-state index contributed by atoms with van der Waals surface area (Å²) < 4.78 is 15.7. The van der Waals surface area contributed by atoms with Gasteiger partial charge in [0.25, 0.3) is 0 Å². The molecule has 4 rings (SSSR count). The first-order valence-corrected chi connectivity index (χ1v) is 6.48. The smallest absolute Gasteiger partial charge is 0.165 e. The minimum atomic E-state index is -0.249. The van der Waals surface area contributed by atoms with Crippen LogP contribution in [0, 0.1) is 5.82 Å². The fourth-order valence-corrected chi connectivity index (χ4v) is 2.99. The molecule has 0 aliphatic rings. The third-order valence-corrected chi connectivity index (χ3v) is 3.91. The number of fused-ring (bicyclic) bond motifs is 2. The molecule has 0 spiro atoms. The standard InChI is InChI=1S/C13H7FN4S/c14-8-2-3-10-11(6-8)19-13(17-10)9-7-16-18-5-1-4-15-12(9)18/h1-7H. The van der Waals surface area contributed by atoms with Crippen LogP contribution in [0.1, 0.15) is 0 Å². The first-order valence-electron chi connectivity index (χ1n) is 5.66. The normalized spacial score (nSPS) is 11.4. The van der Waals surface area contributed by atoms with Crippen molar-refractivity contribution in [2.24, 2.45) is 0 Å². The van der Waals surface area contributed by atoms with Crippen LogP contribution in [-0.4, -0.2) is 19.6 Å². The topological polar surface area (TPSA) is 43.1 Å². The summed E-state index contributed by atoms with van der Waals surface area (Å²) in [5.74, 6) is -0.249. The van der Waals surface area contributed by atoms with Gasteiger partial charge in [0.15, 0.2) is 5.65 Å². The van der Waals surface area contributed by atoms with Crippen molar-refractivity contribution in [2.75, 3.05) is 0 Å². The van der Waals surface area contributed by atoms with Crippen LogP contribution in [0.5, 0.6) is 0 Å². The number of halogens is 1. The second kappa shape index (κ2) is 3.83. The summed E-state index contributed by atoms with van der Waals surface area (Å²) in [5.41, 5.74) is 2.40. The van der Waals surface area contributed by atoms with Gasteiger partial charge in [-0.05, 0) is 24.3 Å². The highest BCUT2D eigenvalue weighted by molar-refractivity contribution is 7.21. The minimum absolute atomic E-state index is 0.249. The van der Waals surface area contributed by atoms with Gasteiger partial charge in [-0.25, -0.2) is 18.9 Å². The Morgan fingerprint density at radius 2 is 2.21 bits per heavy atom. The molecule has 0 unspecified atom stereocenters. The van der Waals surface area contributed by atoms with E-state index >= 15 is 0 Å². The number of benzene rings is 1. The lowest BCUT2D eigenvalue weighted by atomic mass is 10.3. The van der Waals surface area contributed by atoms with Crippen molar-refractivity contribution in [3.63, 3.8) is 0 Å². The molecular formula is C13H7FN4S. The molecule has 6 heteroatoms. The summed E-state index contributed by atoms with van der Waals surface area (Å²) in [5, 5.41) is 5.03. The zero-order chi connectivity index (χ0) is 12.8. The Hall–Kier alpha value is -2.34. The SMILES string of the molecule is Fc1ccc2nc(-c3cnn4cccnc34)sc2c1. The highest BCUT2D eigenvalue weighted by Gasteiger charge is 2.12. The van der Waals surface area contributed by atoms with E-state index in [1.54, 1.807) is 23.0 Å². The molecule has 0 N–H and O–H groups in total. The van der Waals surface area contributed by atoms with E-state index in [4.69, 9.17) is 0 Å². The number of rotatable bonds is 1. The molecule has 0 amide bonds. The molecule has 0 fully saturated rings.